The van der Waals surface area contributed by atoms with Crippen molar-refractivity contribution in [2.75, 3.05) is 13.1 Å². The van der Waals surface area contributed by atoms with Gasteiger partial charge in [-0.1, -0.05) is 0 Å². The lowest BCUT2D eigenvalue weighted by molar-refractivity contribution is 0.0755. The van der Waals surface area contributed by atoms with Gasteiger partial charge < -0.3 is 4.90 Å². The van der Waals surface area contributed by atoms with Gasteiger partial charge in [0.1, 0.15) is 0 Å². The Hall–Kier alpha value is -2.11. The number of aryl methyl sites for hydroxylation is 1. The van der Waals surface area contributed by atoms with Crippen LogP contribution < -0.4 is 0 Å². The Morgan fingerprint density at radius 3 is 2.61 bits per heavy atom. The first-order valence-corrected chi connectivity index (χ1v) is 8.72. The number of hydrogen-bond acceptors (Lipinski definition) is 3. The predicted octanol–water partition coefficient (Wildman–Crippen LogP) is 1.74. The van der Waals surface area contributed by atoms with E-state index in [1.807, 2.05) is 4.90 Å². The summed E-state index contributed by atoms with van der Waals surface area (Å²) in [5.41, 5.74) is 6.83. The Labute approximate surface area is 134 Å². The van der Waals surface area contributed by atoms with Gasteiger partial charge in [-0.2, -0.15) is 10.2 Å². The molecular weight excluding hydrogens is 290 g/mol. The third kappa shape index (κ3) is 2.11. The molecule has 3 aliphatic rings. The van der Waals surface area contributed by atoms with E-state index in [0.29, 0.717) is 11.6 Å². The van der Waals surface area contributed by atoms with Gasteiger partial charge in [0.25, 0.3) is 5.91 Å². The number of amides is 1. The molecule has 2 aliphatic carbocycles. The summed E-state index contributed by atoms with van der Waals surface area (Å²) in [4.78, 5) is 14.9. The largest absolute Gasteiger partial charge is 0.337 e. The van der Waals surface area contributed by atoms with Crippen molar-refractivity contribution < 1.29 is 4.79 Å². The molecule has 2 aromatic heterocycles. The Balaban J connectivity index is 1.37. The molecule has 23 heavy (non-hydrogen) atoms. The lowest BCUT2D eigenvalue weighted by atomic mass is 10.1. The minimum Gasteiger partial charge on any atom is -0.337 e. The average Bonchev–Trinajstić information content (AvgIpc) is 3.04. The van der Waals surface area contributed by atoms with E-state index in [1.165, 1.54) is 29.8 Å². The lowest BCUT2D eigenvalue weighted by Gasteiger charge is -2.19. The summed E-state index contributed by atoms with van der Waals surface area (Å²) in [6, 6.07) is 0. The molecule has 0 atom stereocenters. The topological polar surface area (TPSA) is 77.7 Å². The first-order chi connectivity index (χ1) is 11.3. The molecule has 0 radical (unpaired) electrons. The number of nitrogens with one attached hydrogen (secondary N) is 2. The van der Waals surface area contributed by atoms with Gasteiger partial charge >= 0.3 is 0 Å². The summed E-state index contributed by atoms with van der Waals surface area (Å²) in [5.74, 6) is 0.752. The Bertz CT molecular complexity index is 770. The van der Waals surface area contributed by atoms with Crippen molar-refractivity contribution in [2.24, 2.45) is 0 Å². The summed E-state index contributed by atoms with van der Waals surface area (Å²) in [6.07, 6.45) is 7.44. The van der Waals surface area contributed by atoms with E-state index >= 15 is 0 Å². The predicted molar refractivity (Wildman–Crippen MR) is 84.5 cm³/mol. The molecule has 0 unspecified atom stereocenters. The third-order valence-corrected chi connectivity index (χ3v) is 5.51. The smallest absolute Gasteiger partial charge is 0.274 e. The number of fused-ring (bicyclic) bond motifs is 2. The molecule has 1 fully saturated rings. The molecule has 0 aromatic carbocycles. The van der Waals surface area contributed by atoms with Gasteiger partial charge in [-0.25, -0.2) is 0 Å². The fourth-order valence-electron chi connectivity index (χ4n) is 4.05. The second-order valence-corrected chi connectivity index (χ2v) is 7.02. The van der Waals surface area contributed by atoms with Gasteiger partial charge in [-0.15, -0.1) is 0 Å². The maximum Gasteiger partial charge on any atom is 0.274 e. The maximum absolute atomic E-state index is 12.9. The molecule has 2 aromatic rings. The zero-order valence-corrected chi connectivity index (χ0v) is 13.2. The number of rotatable bonds is 2. The average molecular weight is 311 g/mol. The summed E-state index contributed by atoms with van der Waals surface area (Å²) in [7, 11) is 0. The number of nitrogens with zero attached hydrogens (tertiary/aromatic N) is 3. The molecule has 1 saturated carbocycles. The number of aromatic nitrogens is 4. The highest BCUT2D eigenvalue weighted by molar-refractivity contribution is 5.94. The van der Waals surface area contributed by atoms with Gasteiger partial charge in [0.05, 0.1) is 5.69 Å². The van der Waals surface area contributed by atoms with E-state index in [9.17, 15) is 4.79 Å². The van der Waals surface area contributed by atoms with Crippen LogP contribution in [0.4, 0.5) is 0 Å². The molecule has 0 spiro atoms. The Morgan fingerprint density at radius 2 is 1.74 bits per heavy atom. The van der Waals surface area contributed by atoms with E-state index in [2.05, 4.69) is 20.4 Å². The number of H-pyrrole nitrogens is 2. The molecule has 1 aliphatic heterocycles. The number of carbonyl (C=O) groups excluding carboxylic acids is 1. The van der Waals surface area contributed by atoms with Crippen LogP contribution in [0.2, 0.25) is 0 Å². The SMILES string of the molecule is O=C(c1n[nH]c2c1CCC2)N1CCc2[nH]nc(C3CC3)c2CC1. The molecule has 6 heteroatoms. The number of aromatic amines is 2. The van der Waals surface area contributed by atoms with Crippen LogP contribution in [0, 0.1) is 0 Å². The van der Waals surface area contributed by atoms with Crippen molar-refractivity contribution in [3.63, 3.8) is 0 Å². The first kappa shape index (κ1) is 13.3. The third-order valence-electron chi connectivity index (χ3n) is 5.51. The van der Waals surface area contributed by atoms with E-state index in [-0.39, 0.29) is 5.91 Å². The highest BCUT2D eigenvalue weighted by Gasteiger charge is 2.33. The van der Waals surface area contributed by atoms with Crippen LogP contribution in [0.5, 0.6) is 0 Å². The second kappa shape index (κ2) is 4.94. The quantitative estimate of drug-likeness (QED) is 0.887. The van der Waals surface area contributed by atoms with Crippen LogP contribution in [0.1, 0.15) is 63.9 Å². The molecule has 0 bridgehead atoms. The molecule has 0 saturated heterocycles. The van der Waals surface area contributed by atoms with Crippen molar-refractivity contribution in [3.8, 4) is 0 Å². The number of hydrogen-bond donors (Lipinski definition) is 2. The van der Waals surface area contributed by atoms with E-state index in [0.717, 1.165) is 56.5 Å². The fourth-order valence-corrected chi connectivity index (χ4v) is 4.05. The van der Waals surface area contributed by atoms with Crippen molar-refractivity contribution in [3.05, 3.63) is 33.9 Å². The normalized spacial score (nSPS) is 20.3. The Kier molecular flexibility index (Phi) is 2.87. The molecule has 5 rings (SSSR count). The zero-order chi connectivity index (χ0) is 15.4. The highest BCUT2D eigenvalue weighted by atomic mass is 16.2. The number of carbonyl (C=O) groups is 1. The van der Waals surface area contributed by atoms with Gasteiger partial charge in [-0.3, -0.25) is 15.0 Å². The summed E-state index contributed by atoms with van der Waals surface area (Å²) >= 11 is 0. The van der Waals surface area contributed by atoms with Crippen LogP contribution in [-0.2, 0) is 25.7 Å². The second-order valence-electron chi connectivity index (χ2n) is 7.02. The Morgan fingerprint density at radius 1 is 0.957 bits per heavy atom. The summed E-state index contributed by atoms with van der Waals surface area (Å²) in [5, 5.41) is 15.1. The van der Waals surface area contributed by atoms with Crippen molar-refractivity contribution in [2.45, 2.75) is 50.9 Å². The van der Waals surface area contributed by atoms with Crippen LogP contribution in [0.3, 0.4) is 0 Å². The molecular formula is C17H21N5O. The summed E-state index contributed by atoms with van der Waals surface area (Å²) < 4.78 is 0. The summed E-state index contributed by atoms with van der Waals surface area (Å²) in [6.45, 7) is 1.52. The minimum atomic E-state index is 0.0930. The lowest BCUT2D eigenvalue weighted by Crippen LogP contribution is -2.34. The van der Waals surface area contributed by atoms with Gasteiger partial charge in [0.15, 0.2) is 5.69 Å². The molecule has 120 valence electrons. The van der Waals surface area contributed by atoms with E-state index < -0.39 is 0 Å². The standard InChI is InChI=1S/C17H21N5O/c23-17(16-11-2-1-3-13(11)18-21-16)22-8-6-12-14(7-9-22)19-20-15(12)10-4-5-10/h10H,1-9H2,(H,18,21)(H,19,20). The van der Waals surface area contributed by atoms with Crippen LogP contribution >= 0.6 is 0 Å². The van der Waals surface area contributed by atoms with Gasteiger partial charge in [-0.05, 0) is 44.1 Å². The van der Waals surface area contributed by atoms with Crippen molar-refractivity contribution >= 4 is 5.91 Å². The first-order valence-electron chi connectivity index (χ1n) is 8.72. The van der Waals surface area contributed by atoms with Crippen LogP contribution in [0.15, 0.2) is 0 Å². The zero-order valence-electron chi connectivity index (χ0n) is 13.2. The monoisotopic (exact) mass is 311 g/mol. The highest BCUT2D eigenvalue weighted by Crippen LogP contribution is 2.41. The maximum atomic E-state index is 12.9. The van der Waals surface area contributed by atoms with Crippen LogP contribution in [0.25, 0.3) is 0 Å². The minimum absolute atomic E-state index is 0.0930. The molecule has 3 heterocycles. The molecule has 2 N–H and O–H groups in total. The van der Waals surface area contributed by atoms with Crippen molar-refractivity contribution in [1.29, 1.82) is 0 Å². The fraction of sp³-hybridized carbons (Fsp3) is 0.588. The van der Waals surface area contributed by atoms with Crippen LogP contribution in [-0.4, -0.2) is 44.3 Å². The van der Waals surface area contributed by atoms with Crippen molar-refractivity contribution in [1.82, 2.24) is 25.3 Å². The molecule has 6 nitrogen and oxygen atoms in total. The molecule has 1 amide bonds. The van der Waals surface area contributed by atoms with E-state index in [1.54, 1.807) is 0 Å². The van der Waals surface area contributed by atoms with Gasteiger partial charge in [0, 0.05) is 42.4 Å². The van der Waals surface area contributed by atoms with E-state index in [4.69, 9.17) is 0 Å². The van der Waals surface area contributed by atoms with Gasteiger partial charge in [0.2, 0.25) is 0 Å².